The third-order valence-corrected chi connectivity index (χ3v) is 6.52. The molecule has 5 rings (SSSR count). The number of fused-ring (bicyclic) bond motifs is 2. The molecule has 0 bridgehead atoms. The van der Waals surface area contributed by atoms with Crippen LogP contribution in [0.1, 0.15) is 31.7 Å². The van der Waals surface area contributed by atoms with Crippen molar-refractivity contribution in [2.24, 2.45) is 0 Å². The molecule has 3 N–H and O–H groups in total. The lowest BCUT2D eigenvalue weighted by Crippen LogP contribution is -2.64. The number of anilines is 1. The minimum Gasteiger partial charge on any atom is -0.431 e. The fourth-order valence-electron chi connectivity index (χ4n) is 4.68. The van der Waals surface area contributed by atoms with E-state index in [4.69, 9.17) is 5.73 Å². The zero-order valence-corrected chi connectivity index (χ0v) is 18.8. The van der Waals surface area contributed by atoms with Crippen molar-refractivity contribution < 1.29 is 18.3 Å². The Balaban J connectivity index is 1.30. The standard InChI is InChI=1S/C23H25F2N7O2/c1-22(2,17-5-3-4-7-27-17)29-21(33)31-12-23(13-31)6-8-32-18(23)10-15(30-32)14-9-16(34-20(24)25)19(26)28-11-14/h3-5,7,9-11,20H,6,8,12-13H2,1-2H3,(H2,26,28)(H,29,33). The molecule has 2 amide bonds. The number of hydrogen-bond acceptors (Lipinski definition) is 6. The van der Waals surface area contributed by atoms with Crippen LogP contribution in [0.5, 0.6) is 5.75 Å². The van der Waals surface area contributed by atoms with E-state index < -0.39 is 12.2 Å². The van der Waals surface area contributed by atoms with E-state index in [9.17, 15) is 13.6 Å². The summed E-state index contributed by atoms with van der Waals surface area (Å²) in [7, 11) is 0. The van der Waals surface area contributed by atoms with E-state index in [1.165, 1.54) is 12.3 Å². The van der Waals surface area contributed by atoms with E-state index >= 15 is 0 Å². The molecule has 178 valence electrons. The zero-order valence-electron chi connectivity index (χ0n) is 18.8. The van der Waals surface area contributed by atoms with Gasteiger partial charge in [0.1, 0.15) is 0 Å². The number of aryl methyl sites for hydroxylation is 1. The van der Waals surface area contributed by atoms with Crippen molar-refractivity contribution in [2.75, 3.05) is 18.8 Å². The van der Waals surface area contributed by atoms with Gasteiger partial charge in [-0.15, -0.1) is 0 Å². The lowest BCUT2D eigenvalue weighted by molar-refractivity contribution is -0.0494. The number of nitrogen functional groups attached to an aromatic ring is 1. The molecule has 34 heavy (non-hydrogen) atoms. The van der Waals surface area contributed by atoms with Crippen LogP contribution >= 0.6 is 0 Å². The molecule has 0 saturated carbocycles. The summed E-state index contributed by atoms with van der Waals surface area (Å²) in [6.45, 7) is 2.71. The lowest BCUT2D eigenvalue weighted by atomic mass is 9.76. The number of amides is 2. The number of nitrogens with two attached hydrogens (primary N) is 1. The van der Waals surface area contributed by atoms with E-state index in [1.54, 1.807) is 11.1 Å². The molecule has 11 heteroatoms. The van der Waals surface area contributed by atoms with Gasteiger partial charge in [-0.25, -0.2) is 9.78 Å². The Hall–Kier alpha value is -3.76. The first kappa shape index (κ1) is 22.1. The number of nitrogens with zero attached hydrogens (tertiary/aromatic N) is 5. The minimum atomic E-state index is -3.00. The van der Waals surface area contributed by atoms with E-state index in [0.29, 0.717) is 30.9 Å². The van der Waals surface area contributed by atoms with Gasteiger partial charge in [0, 0.05) is 48.7 Å². The largest absolute Gasteiger partial charge is 0.431 e. The molecular weight excluding hydrogens is 444 g/mol. The number of pyridine rings is 2. The summed E-state index contributed by atoms with van der Waals surface area (Å²) in [5.74, 6) is -0.293. The van der Waals surface area contributed by atoms with Crippen molar-refractivity contribution in [1.82, 2.24) is 30.0 Å². The predicted molar refractivity (Wildman–Crippen MR) is 120 cm³/mol. The maximum Gasteiger partial charge on any atom is 0.387 e. The highest BCUT2D eigenvalue weighted by Crippen LogP contribution is 2.44. The van der Waals surface area contributed by atoms with Crippen LogP contribution in [-0.4, -0.2) is 50.4 Å². The van der Waals surface area contributed by atoms with Gasteiger partial charge in [0.25, 0.3) is 0 Å². The molecule has 2 aliphatic heterocycles. The van der Waals surface area contributed by atoms with Crippen LogP contribution in [0.15, 0.2) is 42.7 Å². The Bertz CT molecular complexity index is 1220. The topological polar surface area (TPSA) is 111 Å². The molecule has 0 atom stereocenters. The van der Waals surface area contributed by atoms with Gasteiger partial charge in [0.15, 0.2) is 11.6 Å². The quantitative estimate of drug-likeness (QED) is 0.594. The van der Waals surface area contributed by atoms with Crippen molar-refractivity contribution in [1.29, 1.82) is 0 Å². The van der Waals surface area contributed by atoms with Crippen LogP contribution in [0, 0.1) is 0 Å². The molecule has 9 nitrogen and oxygen atoms in total. The van der Waals surface area contributed by atoms with Gasteiger partial charge in [-0.05, 0) is 44.5 Å². The molecule has 0 aliphatic carbocycles. The second kappa shape index (κ2) is 7.93. The molecule has 0 unspecified atom stereocenters. The first-order valence-corrected chi connectivity index (χ1v) is 10.9. The molecule has 0 radical (unpaired) electrons. The second-order valence-corrected chi connectivity index (χ2v) is 9.28. The van der Waals surface area contributed by atoms with Crippen LogP contribution in [0.4, 0.5) is 19.4 Å². The first-order chi connectivity index (χ1) is 16.2. The van der Waals surface area contributed by atoms with Crippen molar-refractivity contribution in [3.05, 3.63) is 54.1 Å². The van der Waals surface area contributed by atoms with E-state index in [2.05, 4.69) is 25.1 Å². The number of rotatable bonds is 5. The zero-order chi connectivity index (χ0) is 24.1. The van der Waals surface area contributed by atoms with Crippen molar-refractivity contribution in [2.45, 2.75) is 44.4 Å². The highest BCUT2D eigenvalue weighted by Gasteiger charge is 2.51. The Kier molecular flexibility index (Phi) is 5.14. The second-order valence-electron chi connectivity index (χ2n) is 9.28. The van der Waals surface area contributed by atoms with E-state index in [-0.39, 0.29) is 23.0 Å². The van der Waals surface area contributed by atoms with Gasteiger partial charge in [0.05, 0.1) is 16.9 Å². The molecule has 1 saturated heterocycles. The summed E-state index contributed by atoms with van der Waals surface area (Å²) in [5, 5.41) is 7.69. The van der Waals surface area contributed by atoms with Gasteiger partial charge in [-0.2, -0.15) is 13.9 Å². The summed E-state index contributed by atoms with van der Waals surface area (Å²) in [4.78, 5) is 23.0. The number of carbonyl (C=O) groups is 1. The maximum atomic E-state index is 12.9. The Morgan fingerprint density at radius 1 is 1.26 bits per heavy atom. The lowest BCUT2D eigenvalue weighted by Gasteiger charge is -2.48. The van der Waals surface area contributed by atoms with E-state index in [1.807, 2.05) is 42.8 Å². The number of hydrogen-bond donors (Lipinski definition) is 2. The minimum absolute atomic E-state index is 0.110. The molecule has 5 heterocycles. The van der Waals surface area contributed by atoms with Crippen LogP contribution in [0.2, 0.25) is 0 Å². The highest BCUT2D eigenvalue weighted by atomic mass is 19.3. The molecule has 3 aromatic heterocycles. The Morgan fingerprint density at radius 3 is 2.76 bits per heavy atom. The van der Waals surface area contributed by atoms with Gasteiger partial charge in [-0.3, -0.25) is 9.67 Å². The molecule has 0 aromatic carbocycles. The number of ether oxygens (including phenoxy) is 1. The number of carbonyl (C=O) groups excluding carboxylic acids is 1. The van der Waals surface area contributed by atoms with Crippen molar-refractivity contribution in [3.8, 4) is 17.0 Å². The van der Waals surface area contributed by atoms with Crippen LogP contribution < -0.4 is 15.8 Å². The van der Waals surface area contributed by atoms with Gasteiger partial charge in [0.2, 0.25) is 0 Å². The molecule has 1 spiro atoms. The summed E-state index contributed by atoms with van der Waals surface area (Å²) >= 11 is 0. The third kappa shape index (κ3) is 3.80. The predicted octanol–water partition coefficient (Wildman–Crippen LogP) is 3.13. The van der Waals surface area contributed by atoms with Gasteiger partial charge in [-0.1, -0.05) is 6.07 Å². The Labute approximate surface area is 194 Å². The molecule has 3 aromatic rings. The molecule has 1 fully saturated rings. The summed E-state index contributed by atoms with van der Waals surface area (Å²) in [6.07, 6.45) is 4.07. The number of halogens is 2. The first-order valence-electron chi connectivity index (χ1n) is 10.9. The van der Waals surface area contributed by atoms with Crippen LogP contribution in [0.25, 0.3) is 11.3 Å². The van der Waals surface area contributed by atoms with Gasteiger partial charge >= 0.3 is 12.6 Å². The monoisotopic (exact) mass is 469 g/mol. The van der Waals surface area contributed by atoms with E-state index in [0.717, 1.165) is 17.8 Å². The van der Waals surface area contributed by atoms with Crippen LogP contribution in [-0.2, 0) is 17.5 Å². The highest BCUT2D eigenvalue weighted by molar-refractivity contribution is 5.77. The van der Waals surface area contributed by atoms with Gasteiger partial charge < -0.3 is 20.7 Å². The average molecular weight is 469 g/mol. The summed E-state index contributed by atoms with van der Waals surface area (Å²) in [6, 6.07) is 8.82. The average Bonchev–Trinajstić information content (AvgIpc) is 3.33. The normalized spacial score (nSPS) is 16.4. The van der Waals surface area contributed by atoms with Crippen LogP contribution in [0.3, 0.4) is 0 Å². The van der Waals surface area contributed by atoms with Crippen molar-refractivity contribution >= 4 is 11.8 Å². The number of urea groups is 1. The molecular formula is C23H25F2N7O2. The third-order valence-electron chi connectivity index (χ3n) is 6.52. The maximum absolute atomic E-state index is 12.9. The fourth-order valence-corrected chi connectivity index (χ4v) is 4.68. The number of alkyl halides is 2. The number of aromatic nitrogens is 4. The summed E-state index contributed by atoms with van der Waals surface area (Å²) < 4.78 is 31.7. The number of nitrogens with one attached hydrogen (secondary N) is 1. The molecule has 2 aliphatic rings. The Morgan fingerprint density at radius 2 is 2.06 bits per heavy atom. The summed E-state index contributed by atoms with van der Waals surface area (Å²) in [5.41, 5.74) is 7.80. The fraction of sp³-hybridized carbons (Fsp3) is 0.391. The van der Waals surface area contributed by atoms with Crippen molar-refractivity contribution in [3.63, 3.8) is 0 Å². The smallest absolute Gasteiger partial charge is 0.387 e. The SMILES string of the molecule is CC(C)(NC(=O)N1CC2(CCn3nc(-c4cnc(N)c(OC(F)F)c4)cc32)C1)c1ccccn1. The number of likely N-dealkylation sites (tertiary alicyclic amines) is 1.